The van der Waals surface area contributed by atoms with E-state index in [1.165, 1.54) is 11.8 Å². The number of aromatic nitrogens is 3. The molecule has 3 rings (SSSR count). The molecule has 2 heterocycles. The number of hydrogen-bond acceptors (Lipinski definition) is 5. The highest BCUT2D eigenvalue weighted by Gasteiger charge is 2.19. The summed E-state index contributed by atoms with van der Waals surface area (Å²) in [7, 11) is 1.65. The third-order valence-electron chi connectivity index (χ3n) is 3.06. The molecule has 0 bridgehead atoms. The Kier molecular flexibility index (Phi) is 5.05. The van der Waals surface area contributed by atoms with Crippen molar-refractivity contribution in [3.8, 4) is 22.1 Å². The van der Waals surface area contributed by atoms with Crippen molar-refractivity contribution in [2.45, 2.75) is 5.16 Å². The lowest BCUT2D eigenvalue weighted by atomic mass is 10.3. The first kappa shape index (κ1) is 16.1. The van der Waals surface area contributed by atoms with Crippen LogP contribution in [0.1, 0.15) is 0 Å². The third kappa shape index (κ3) is 3.44. The fourth-order valence-electron chi connectivity index (χ4n) is 2.10. The Morgan fingerprint density at radius 3 is 2.83 bits per heavy atom. The van der Waals surface area contributed by atoms with Crippen molar-refractivity contribution in [2.75, 3.05) is 12.9 Å². The molecule has 0 aliphatic carbocycles. The van der Waals surface area contributed by atoms with Crippen molar-refractivity contribution >= 4 is 34.7 Å². The van der Waals surface area contributed by atoms with Crippen LogP contribution in [0.25, 0.3) is 16.4 Å². The van der Waals surface area contributed by atoms with Gasteiger partial charge >= 0.3 is 0 Å². The minimum absolute atomic E-state index is 0.569. The summed E-state index contributed by atoms with van der Waals surface area (Å²) in [6, 6.07) is 11.8. The summed E-state index contributed by atoms with van der Waals surface area (Å²) in [5, 5.41) is 12.0. The maximum atomic E-state index is 5.90. The van der Waals surface area contributed by atoms with E-state index in [1.807, 2.05) is 46.3 Å². The number of benzene rings is 1. The average Bonchev–Trinajstić information content (AvgIpc) is 3.21. The first-order valence-corrected chi connectivity index (χ1v) is 9.04. The molecule has 23 heavy (non-hydrogen) atoms. The summed E-state index contributed by atoms with van der Waals surface area (Å²) >= 11 is 9.01. The Morgan fingerprint density at radius 1 is 1.30 bits per heavy atom. The Balaban J connectivity index is 2.14. The van der Waals surface area contributed by atoms with Gasteiger partial charge in [-0.15, -0.1) is 21.5 Å². The molecule has 0 saturated carbocycles. The first-order chi connectivity index (χ1) is 11.2. The standard InChI is InChI=1S/C16H14ClN3OS2/c1-11(17)10-23-16-19-18-15(14-8-5-9-22-14)20(16)12-6-3-4-7-13(12)21-2/h3-9H,1,10H2,2H3. The van der Waals surface area contributed by atoms with Crippen molar-refractivity contribution in [2.24, 2.45) is 0 Å². The summed E-state index contributed by atoms with van der Waals surface area (Å²) < 4.78 is 7.49. The van der Waals surface area contributed by atoms with E-state index < -0.39 is 0 Å². The van der Waals surface area contributed by atoms with E-state index in [0.717, 1.165) is 27.3 Å². The second-order valence-electron chi connectivity index (χ2n) is 4.60. The highest BCUT2D eigenvalue weighted by Crippen LogP contribution is 2.34. The SMILES string of the molecule is C=C(Cl)CSc1nnc(-c2cccs2)n1-c1ccccc1OC. The topological polar surface area (TPSA) is 39.9 Å². The van der Waals surface area contributed by atoms with Crippen LogP contribution in [0.15, 0.2) is 58.5 Å². The molecule has 2 aromatic heterocycles. The molecule has 4 nitrogen and oxygen atoms in total. The zero-order valence-electron chi connectivity index (χ0n) is 12.4. The quantitative estimate of drug-likeness (QED) is 0.587. The van der Waals surface area contributed by atoms with E-state index in [-0.39, 0.29) is 0 Å². The van der Waals surface area contributed by atoms with Crippen LogP contribution in [0.4, 0.5) is 0 Å². The lowest BCUT2D eigenvalue weighted by molar-refractivity contribution is 0.412. The molecule has 0 atom stereocenters. The second-order valence-corrected chi connectivity index (χ2v) is 7.02. The number of hydrogen-bond donors (Lipinski definition) is 0. The number of rotatable bonds is 6. The van der Waals surface area contributed by atoms with Gasteiger partial charge in [-0.1, -0.05) is 48.1 Å². The molecular formula is C16H14ClN3OS2. The van der Waals surface area contributed by atoms with E-state index in [9.17, 15) is 0 Å². The minimum atomic E-state index is 0.569. The second kappa shape index (κ2) is 7.21. The van der Waals surface area contributed by atoms with Gasteiger partial charge in [-0.05, 0) is 23.6 Å². The van der Waals surface area contributed by atoms with Gasteiger partial charge in [0.1, 0.15) is 5.75 Å². The van der Waals surface area contributed by atoms with Gasteiger partial charge < -0.3 is 4.74 Å². The molecule has 7 heteroatoms. The lowest BCUT2D eigenvalue weighted by Gasteiger charge is -2.13. The van der Waals surface area contributed by atoms with Crippen molar-refractivity contribution in [1.29, 1.82) is 0 Å². The van der Waals surface area contributed by atoms with Gasteiger partial charge in [-0.2, -0.15) is 0 Å². The molecule has 0 amide bonds. The summed E-state index contributed by atoms with van der Waals surface area (Å²) in [6.45, 7) is 3.73. The Bertz CT molecular complexity index is 815. The monoisotopic (exact) mass is 363 g/mol. The minimum Gasteiger partial charge on any atom is -0.495 e. The third-order valence-corrected chi connectivity index (χ3v) is 5.23. The predicted molar refractivity (Wildman–Crippen MR) is 96.9 cm³/mol. The van der Waals surface area contributed by atoms with Crippen LogP contribution >= 0.6 is 34.7 Å². The Hall–Kier alpha value is -1.76. The smallest absolute Gasteiger partial charge is 0.196 e. The Morgan fingerprint density at radius 2 is 2.13 bits per heavy atom. The number of thioether (sulfide) groups is 1. The van der Waals surface area contributed by atoms with Gasteiger partial charge in [0.15, 0.2) is 11.0 Å². The van der Waals surface area contributed by atoms with Gasteiger partial charge in [0, 0.05) is 10.8 Å². The van der Waals surface area contributed by atoms with Crippen LogP contribution in [0.5, 0.6) is 5.75 Å². The van der Waals surface area contributed by atoms with E-state index in [0.29, 0.717) is 10.8 Å². The molecule has 0 fully saturated rings. The van der Waals surface area contributed by atoms with E-state index in [2.05, 4.69) is 16.8 Å². The fraction of sp³-hybridized carbons (Fsp3) is 0.125. The number of ether oxygens (including phenoxy) is 1. The lowest BCUT2D eigenvalue weighted by Crippen LogP contribution is -2.02. The van der Waals surface area contributed by atoms with Crippen LogP contribution in [0, 0.1) is 0 Å². The molecule has 0 radical (unpaired) electrons. The molecule has 0 saturated heterocycles. The van der Waals surface area contributed by atoms with E-state index in [1.54, 1.807) is 18.4 Å². The van der Waals surface area contributed by atoms with Crippen LogP contribution in [-0.2, 0) is 0 Å². The molecule has 0 N–H and O–H groups in total. The normalized spacial score (nSPS) is 10.7. The maximum Gasteiger partial charge on any atom is 0.196 e. The van der Waals surface area contributed by atoms with Crippen molar-refractivity contribution in [3.63, 3.8) is 0 Å². The summed E-state index contributed by atoms with van der Waals surface area (Å²) in [5.74, 6) is 2.11. The van der Waals surface area contributed by atoms with Gasteiger partial charge in [0.2, 0.25) is 0 Å². The zero-order valence-corrected chi connectivity index (χ0v) is 14.8. The highest BCUT2D eigenvalue weighted by molar-refractivity contribution is 7.99. The van der Waals surface area contributed by atoms with Gasteiger partial charge in [0.05, 0.1) is 17.7 Å². The number of methoxy groups -OCH3 is 1. The number of halogens is 1. The first-order valence-electron chi connectivity index (χ1n) is 6.79. The van der Waals surface area contributed by atoms with Crippen molar-refractivity contribution in [1.82, 2.24) is 14.8 Å². The van der Waals surface area contributed by atoms with Crippen LogP contribution in [0.3, 0.4) is 0 Å². The van der Waals surface area contributed by atoms with Gasteiger partial charge in [-0.25, -0.2) is 0 Å². The molecular weight excluding hydrogens is 350 g/mol. The maximum absolute atomic E-state index is 5.90. The molecule has 118 valence electrons. The van der Waals surface area contributed by atoms with Gasteiger partial charge in [0.25, 0.3) is 0 Å². The number of nitrogens with zero attached hydrogens (tertiary/aromatic N) is 3. The van der Waals surface area contributed by atoms with Crippen molar-refractivity contribution < 1.29 is 4.74 Å². The fourth-order valence-corrected chi connectivity index (χ4v) is 3.66. The zero-order chi connectivity index (χ0) is 16.2. The van der Waals surface area contributed by atoms with Crippen LogP contribution in [-0.4, -0.2) is 27.6 Å². The molecule has 1 aromatic carbocycles. The Labute approximate surface area is 147 Å². The number of para-hydroxylation sites is 2. The molecule has 0 unspecified atom stereocenters. The average molecular weight is 364 g/mol. The summed E-state index contributed by atoms with van der Waals surface area (Å²) in [6.07, 6.45) is 0. The molecule has 0 aliphatic heterocycles. The van der Waals surface area contributed by atoms with Crippen LogP contribution < -0.4 is 4.74 Å². The number of thiophene rings is 1. The largest absolute Gasteiger partial charge is 0.495 e. The summed E-state index contributed by atoms with van der Waals surface area (Å²) in [4.78, 5) is 1.04. The summed E-state index contributed by atoms with van der Waals surface area (Å²) in [5.41, 5.74) is 0.895. The van der Waals surface area contributed by atoms with Crippen LogP contribution in [0.2, 0.25) is 0 Å². The molecule has 0 spiro atoms. The molecule has 0 aliphatic rings. The molecule has 3 aromatic rings. The van der Waals surface area contributed by atoms with Gasteiger partial charge in [-0.3, -0.25) is 4.57 Å². The predicted octanol–water partition coefficient (Wildman–Crippen LogP) is 4.85. The van der Waals surface area contributed by atoms with Crippen molar-refractivity contribution in [3.05, 3.63) is 53.4 Å². The van der Waals surface area contributed by atoms with E-state index in [4.69, 9.17) is 16.3 Å². The highest BCUT2D eigenvalue weighted by atomic mass is 35.5. The van der Waals surface area contributed by atoms with E-state index >= 15 is 0 Å².